The average Bonchev–Trinajstić information content (AvgIpc) is 1.80. The largest absolute Gasteiger partial charge is 0.390 e. The van der Waals surface area contributed by atoms with Crippen molar-refractivity contribution < 1.29 is 18.0 Å². The van der Waals surface area contributed by atoms with E-state index in [-0.39, 0.29) is 0 Å². The highest BCUT2D eigenvalue weighted by molar-refractivity contribution is 5.71. The quantitative estimate of drug-likeness (QED) is 0.658. The highest BCUT2D eigenvalue weighted by Gasteiger charge is 2.27. The van der Waals surface area contributed by atoms with Gasteiger partial charge in [0.2, 0.25) is 0 Å². The number of carbonyl (C=O) groups excluding carboxylic acids is 1. The van der Waals surface area contributed by atoms with Crippen LogP contribution in [0.4, 0.5) is 18.0 Å². The Kier molecular flexibility index (Phi) is 3.16. The lowest BCUT2D eigenvalue weighted by Gasteiger charge is -2.14. The number of hydrogen-bond donors (Lipinski definition) is 1. The maximum Gasteiger partial charge on any atom is 0.390 e. The van der Waals surface area contributed by atoms with Gasteiger partial charge in [-0.3, -0.25) is 0 Å². The third kappa shape index (κ3) is 5.50. The second-order valence-corrected chi connectivity index (χ2v) is 2.12. The van der Waals surface area contributed by atoms with Gasteiger partial charge in [-0.2, -0.15) is 13.2 Å². The second-order valence-electron chi connectivity index (χ2n) is 2.12. The van der Waals surface area contributed by atoms with Crippen molar-refractivity contribution in [3.05, 3.63) is 0 Å². The van der Waals surface area contributed by atoms with E-state index >= 15 is 0 Å². The van der Waals surface area contributed by atoms with Crippen LogP contribution in [0.25, 0.3) is 0 Å². The van der Waals surface area contributed by atoms with Crippen LogP contribution in [0.1, 0.15) is 6.42 Å². The minimum Gasteiger partial charge on any atom is -0.351 e. The third-order valence-electron chi connectivity index (χ3n) is 1.11. The fraction of sp³-hybridized carbons (Fsp3) is 0.800. The first-order chi connectivity index (χ1) is 4.83. The number of urea groups is 1. The van der Waals surface area contributed by atoms with E-state index in [9.17, 15) is 18.0 Å². The third-order valence-corrected chi connectivity index (χ3v) is 1.11. The number of nitrogens with two attached hydrogens (primary N) is 1. The lowest BCUT2D eigenvalue weighted by atomic mass is 10.4. The molecule has 0 aromatic heterocycles. The van der Waals surface area contributed by atoms with Gasteiger partial charge in [0.25, 0.3) is 0 Å². The summed E-state index contributed by atoms with van der Waals surface area (Å²) in [7, 11) is 1.22. The fourth-order valence-corrected chi connectivity index (χ4v) is 0.405. The number of amides is 2. The van der Waals surface area contributed by atoms with Gasteiger partial charge in [0.05, 0.1) is 6.42 Å². The van der Waals surface area contributed by atoms with Crippen LogP contribution >= 0.6 is 0 Å². The molecule has 0 spiro atoms. The molecule has 0 aromatic carbocycles. The average molecular weight is 170 g/mol. The molecule has 0 rings (SSSR count). The molecule has 0 aliphatic carbocycles. The van der Waals surface area contributed by atoms with Crippen molar-refractivity contribution in [2.75, 3.05) is 13.6 Å². The van der Waals surface area contributed by atoms with Gasteiger partial charge in [-0.25, -0.2) is 4.79 Å². The standard InChI is InChI=1S/C5H9F3N2O/c1-10(4(9)11)3-2-5(6,7)8/h2-3H2,1H3,(H2,9,11). The van der Waals surface area contributed by atoms with E-state index in [1.165, 1.54) is 7.05 Å². The van der Waals surface area contributed by atoms with E-state index < -0.39 is 25.2 Å². The second kappa shape index (κ2) is 3.45. The van der Waals surface area contributed by atoms with Crippen LogP contribution in [-0.4, -0.2) is 30.7 Å². The zero-order valence-corrected chi connectivity index (χ0v) is 5.98. The Bertz CT molecular complexity index is 145. The number of nitrogens with zero attached hydrogens (tertiary/aromatic N) is 1. The van der Waals surface area contributed by atoms with Crippen LogP contribution < -0.4 is 5.73 Å². The lowest BCUT2D eigenvalue weighted by Crippen LogP contribution is -2.34. The van der Waals surface area contributed by atoms with Crippen molar-refractivity contribution in [1.29, 1.82) is 0 Å². The Morgan fingerprint density at radius 1 is 1.55 bits per heavy atom. The lowest BCUT2D eigenvalue weighted by molar-refractivity contribution is -0.135. The summed E-state index contributed by atoms with van der Waals surface area (Å²) in [6.07, 6.45) is -5.25. The molecule has 0 unspecified atom stereocenters. The number of carbonyl (C=O) groups is 1. The summed E-state index contributed by atoms with van der Waals surface area (Å²) in [4.78, 5) is 11.0. The van der Waals surface area contributed by atoms with Gasteiger partial charge in [-0.1, -0.05) is 0 Å². The predicted molar refractivity (Wildman–Crippen MR) is 32.9 cm³/mol. The van der Waals surface area contributed by atoms with Crippen molar-refractivity contribution in [2.24, 2.45) is 5.73 Å². The van der Waals surface area contributed by atoms with Gasteiger partial charge in [0.1, 0.15) is 0 Å². The monoisotopic (exact) mass is 170 g/mol. The minimum atomic E-state index is -4.23. The Labute approximate surface area is 62.0 Å². The van der Waals surface area contributed by atoms with Crippen molar-refractivity contribution in [1.82, 2.24) is 4.90 Å². The first-order valence-electron chi connectivity index (χ1n) is 2.90. The Morgan fingerprint density at radius 3 is 2.27 bits per heavy atom. The molecule has 66 valence electrons. The molecule has 0 aliphatic heterocycles. The maximum absolute atomic E-state index is 11.5. The highest BCUT2D eigenvalue weighted by Crippen LogP contribution is 2.19. The maximum atomic E-state index is 11.5. The smallest absolute Gasteiger partial charge is 0.351 e. The molecule has 0 fully saturated rings. The minimum absolute atomic E-state index is 0.390. The van der Waals surface area contributed by atoms with Crippen LogP contribution in [-0.2, 0) is 0 Å². The number of rotatable bonds is 2. The first-order valence-corrected chi connectivity index (χ1v) is 2.90. The summed E-state index contributed by atoms with van der Waals surface area (Å²) >= 11 is 0. The van der Waals surface area contributed by atoms with Crippen LogP contribution in [0.3, 0.4) is 0 Å². The van der Waals surface area contributed by atoms with Gasteiger partial charge in [-0.15, -0.1) is 0 Å². The molecule has 0 saturated heterocycles. The van der Waals surface area contributed by atoms with E-state index in [1.54, 1.807) is 0 Å². The molecule has 3 nitrogen and oxygen atoms in total. The van der Waals surface area contributed by atoms with Gasteiger partial charge in [0, 0.05) is 13.6 Å². The van der Waals surface area contributed by atoms with Gasteiger partial charge in [-0.05, 0) is 0 Å². The molecular weight excluding hydrogens is 161 g/mol. The Morgan fingerprint density at radius 2 is 2.00 bits per heavy atom. The summed E-state index contributed by atoms with van der Waals surface area (Å²) in [6, 6.07) is -0.853. The highest BCUT2D eigenvalue weighted by atomic mass is 19.4. The molecule has 0 radical (unpaired) electrons. The van der Waals surface area contributed by atoms with Gasteiger partial charge in [0.15, 0.2) is 0 Å². The molecule has 0 aliphatic rings. The van der Waals surface area contributed by atoms with E-state index in [2.05, 4.69) is 5.73 Å². The molecule has 0 heterocycles. The summed E-state index contributed by atoms with van der Waals surface area (Å²) in [5.41, 5.74) is 4.68. The molecule has 0 aromatic rings. The van der Waals surface area contributed by atoms with E-state index in [0.717, 1.165) is 4.90 Å². The zero-order chi connectivity index (χ0) is 9.07. The summed E-state index contributed by atoms with van der Waals surface area (Å²) in [5.74, 6) is 0. The van der Waals surface area contributed by atoms with E-state index in [4.69, 9.17) is 0 Å². The van der Waals surface area contributed by atoms with Gasteiger partial charge >= 0.3 is 12.2 Å². The van der Waals surface area contributed by atoms with Crippen LogP contribution in [0.15, 0.2) is 0 Å². The molecule has 2 amide bonds. The molecule has 11 heavy (non-hydrogen) atoms. The molecule has 0 bridgehead atoms. The van der Waals surface area contributed by atoms with Crippen LogP contribution in [0.5, 0.6) is 0 Å². The fourth-order valence-electron chi connectivity index (χ4n) is 0.405. The van der Waals surface area contributed by atoms with Crippen LogP contribution in [0.2, 0.25) is 0 Å². The van der Waals surface area contributed by atoms with Crippen molar-refractivity contribution in [2.45, 2.75) is 12.6 Å². The number of alkyl halides is 3. The summed E-state index contributed by atoms with van der Waals surface area (Å²) < 4.78 is 34.5. The predicted octanol–water partition coefficient (Wildman–Crippen LogP) is 0.949. The Balaban J connectivity index is 3.63. The molecule has 2 N–H and O–H groups in total. The number of halogens is 3. The van der Waals surface area contributed by atoms with E-state index in [1.807, 2.05) is 0 Å². The SMILES string of the molecule is CN(CCC(F)(F)F)C(N)=O. The zero-order valence-electron chi connectivity index (χ0n) is 5.98. The Hall–Kier alpha value is -0.940. The molecule has 0 atom stereocenters. The van der Waals surface area contributed by atoms with Crippen molar-refractivity contribution >= 4 is 6.03 Å². The first kappa shape index (κ1) is 10.1. The summed E-state index contributed by atoms with van der Waals surface area (Å²) in [6.45, 7) is -0.390. The number of primary amides is 1. The van der Waals surface area contributed by atoms with Crippen LogP contribution in [0, 0.1) is 0 Å². The summed E-state index contributed by atoms with van der Waals surface area (Å²) in [5, 5.41) is 0. The topological polar surface area (TPSA) is 46.3 Å². The normalized spacial score (nSPS) is 11.3. The number of hydrogen-bond acceptors (Lipinski definition) is 1. The van der Waals surface area contributed by atoms with Gasteiger partial charge < -0.3 is 10.6 Å². The van der Waals surface area contributed by atoms with Crippen molar-refractivity contribution in [3.8, 4) is 0 Å². The molecule has 0 saturated carbocycles. The van der Waals surface area contributed by atoms with E-state index in [0.29, 0.717) is 0 Å². The molecule has 6 heteroatoms. The van der Waals surface area contributed by atoms with Crippen molar-refractivity contribution in [3.63, 3.8) is 0 Å². The molecular formula is C5H9F3N2O.